The lowest BCUT2D eigenvalue weighted by molar-refractivity contribution is -0.131. The maximum atomic E-state index is 13.1. The predicted molar refractivity (Wildman–Crippen MR) is 111 cm³/mol. The van der Waals surface area contributed by atoms with Crippen LogP contribution >= 0.6 is 0 Å². The third-order valence-electron chi connectivity index (χ3n) is 5.14. The van der Waals surface area contributed by atoms with Gasteiger partial charge in [-0.2, -0.15) is 0 Å². The lowest BCUT2D eigenvalue weighted by Gasteiger charge is -2.35. The Bertz CT molecular complexity index is 985. The van der Waals surface area contributed by atoms with Crippen molar-refractivity contribution in [2.24, 2.45) is 5.73 Å². The Morgan fingerprint density at radius 3 is 2.06 bits per heavy atom. The van der Waals surface area contributed by atoms with Crippen LogP contribution in [0.5, 0.6) is 0 Å². The molecule has 0 aliphatic carbocycles. The van der Waals surface area contributed by atoms with Crippen molar-refractivity contribution in [3.05, 3.63) is 70.8 Å². The van der Waals surface area contributed by atoms with Crippen LogP contribution in [0.3, 0.4) is 0 Å². The Balaban J connectivity index is 1.49. The zero-order chi connectivity index (χ0) is 22.4. The van der Waals surface area contributed by atoms with E-state index >= 15 is 0 Å². The molecule has 0 spiro atoms. The zero-order valence-electron chi connectivity index (χ0n) is 16.8. The van der Waals surface area contributed by atoms with Gasteiger partial charge in [-0.25, -0.2) is 4.39 Å². The Labute approximate surface area is 178 Å². The standard InChI is InChI=1S/C22H23FN4O4/c23-13-17-3-1-2-4-18(17)22(31)27-11-9-26(10-12-27)19(28)14-25-21(30)16-7-5-15(6-8-16)20(24)29/h1-8H,9-14H2,(H2,24,29)(H,25,30). The molecule has 162 valence electrons. The summed E-state index contributed by atoms with van der Waals surface area (Å²) in [5.74, 6) is -1.56. The molecular formula is C22H23FN4O4. The first-order valence-electron chi connectivity index (χ1n) is 9.79. The average molecular weight is 426 g/mol. The second-order valence-electron chi connectivity index (χ2n) is 7.09. The lowest BCUT2D eigenvalue weighted by Crippen LogP contribution is -2.52. The van der Waals surface area contributed by atoms with E-state index in [0.29, 0.717) is 42.9 Å². The minimum atomic E-state index is -0.717. The van der Waals surface area contributed by atoms with Gasteiger partial charge in [0, 0.05) is 42.9 Å². The first-order valence-corrected chi connectivity index (χ1v) is 9.79. The van der Waals surface area contributed by atoms with E-state index < -0.39 is 18.5 Å². The largest absolute Gasteiger partial charge is 0.366 e. The molecule has 8 nitrogen and oxygen atoms in total. The number of rotatable bonds is 6. The molecule has 1 aliphatic rings. The van der Waals surface area contributed by atoms with Crippen molar-refractivity contribution in [2.45, 2.75) is 6.67 Å². The van der Waals surface area contributed by atoms with Crippen molar-refractivity contribution in [1.82, 2.24) is 15.1 Å². The molecule has 2 aromatic rings. The van der Waals surface area contributed by atoms with E-state index in [0.717, 1.165) is 0 Å². The number of carbonyl (C=O) groups is 4. The van der Waals surface area contributed by atoms with E-state index in [4.69, 9.17) is 5.73 Å². The fourth-order valence-electron chi connectivity index (χ4n) is 3.33. The first kappa shape index (κ1) is 21.9. The molecule has 1 fully saturated rings. The van der Waals surface area contributed by atoms with Gasteiger partial charge >= 0.3 is 0 Å². The van der Waals surface area contributed by atoms with Crippen LogP contribution in [0.1, 0.15) is 36.6 Å². The topological polar surface area (TPSA) is 113 Å². The van der Waals surface area contributed by atoms with Gasteiger partial charge in [-0.15, -0.1) is 0 Å². The van der Waals surface area contributed by atoms with Gasteiger partial charge in [0.15, 0.2) is 0 Å². The molecule has 0 unspecified atom stereocenters. The van der Waals surface area contributed by atoms with Crippen LogP contribution < -0.4 is 11.1 Å². The third-order valence-corrected chi connectivity index (χ3v) is 5.14. The third kappa shape index (κ3) is 5.25. The Morgan fingerprint density at radius 2 is 1.45 bits per heavy atom. The second kappa shape index (κ2) is 9.84. The van der Waals surface area contributed by atoms with Gasteiger partial charge in [0.1, 0.15) is 6.67 Å². The van der Waals surface area contributed by atoms with Crippen molar-refractivity contribution in [1.29, 1.82) is 0 Å². The van der Waals surface area contributed by atoms with Crippen molar-refractivity contribution < 1.29 is 23.6 Å². The highest BCUT2D eigenvalue weighted by molar-refractivity contribution is 5.98. The number of halogens is 1. The molecule has 3 rings (SSSR count). The quantitative estimate of drug-likeness (QED) is 0.717. The van der Waals surface area contributed by atoms with E-state index in [-0.39, 0.29) is 23.9 Å². The molecule has 2 aromatic carbocycles. The van der Waals surface area contributed by atoms with Gasteiger partial charge in [0.05, 0.1) is 6.54 Å². The number of nitrogens with zero attached hydrogens (tertiary/aromatic N) is 2. The Hall–Kier alpha value is -3.75. The summed E-state index contributed by atoms with van der Waals surface area (Å²) in [6, 6.07) is 12.3. The van der Waals surface area contributed by atoms with Crippen LogP contribution in [0.4, 0.5) is 4.39 Å². The van der Waals surface area contributed by atoms with Crippen molar-refractivity contribution in [3.63, 3.8) is 0 Å². The summed E-state index contributed by atoms with van der Waals surface area (Å²) in [6.07, 6.45) is 0. The summed E-state index contributed by atoms with van der Waals surface area (Å²) < 4.78 is 13.1. The SMILES string of the molecule is NC(=O)c1ccc(C(=O)NCC(=O)N2CCN(C(=O)c3ccccc3CF)CC2)cc1. The molecule has 1 saturated heterocycles. The summed E-state index contributed by atoms with van der Waals surface area (Å²) >= 11 is 0. The number of hydrogen-bond donors (Lipinski definition) is 2. The highest BCUT2D eigenvalue weighted by Gasteiger charge is 2.26. The number of piperazine rings is 1. The number of primary amides is 1. The van der Waals surface area contributed by atoms with E-state index in [1.54, 1.807) is 34.1 Å². The van der Waals surface area contributed by atoms with Gasteiger partial charge in [-0.1, -0.05) is 18.2 Å². The molecule has 1 heterocycles. The molecule has 0 bridgehead atoms. The first-order chi connectivity index (χ1) is 14.9. The number of nitrogens with two attached hydrogens (primary N) is 1. The van der Waals surface area contributed by atoms with Crippen LogP contribution in [-0.4, -0.2) is 66.2 Å². The minimum Gasteiger partial charge on any atom is -0.366 e. The van der Waals surface area contributed by atoms with Gasteiger partial charge in [-0.3, -0.25) is 19.2 Å². The summed E-state index contributed by atoms with van der Waals surface area (Å²) in [5.41, 5.74) is 6.44. The van der Waals surface area contributed by atoms with Crippen LogP contribution in [0, 0.1) is 0 Å². The van der Waals surface area contributed by atoms with Gasteiger partial charge < -0.3 is 20.9 Å². The zero-order valence-corrected chi connectivity index (χ0v) is 16.8. The maximum Gasteiger partial charge on any atom is 0.254 e. The number of benzene rings is 2. The van der Waals surface area contributed by atoms with Gasteiger partial charge in [0.2, 0.25) is 11.8 Å². The van der Waals surface area contributed by atoms with Gasteiger partial charge in [-0.05, 0) is 35.9 Å². The van der Waals surface area contributed by atoms with E-state index in [2.05, 4.69) is 5.32 Å². The van der Waals surface area contributed by atoms with Crippen molar-refractivity contribution >= 4 is 23.6 Å². The average Bonchev–Trinajstić information content (AvgIpc) is 2.81. The van der Waals surface area contributed by atoms with Crippen molar-refractivity contribution in [2.75, 3.05) is 32.7 Å². The van der Waals surface area contributed by atoms with E-state index in [1.807, 2.05) is 0 Å². The molecule has 9 heteroatoms. The number of hydrogen-bond acceptors (Lipinski definition) is 4. The summed E-state index contributed by atoms with van der Waals surface area (Å²) in [7, 11) is 0. The minimum absolute atomic E-state index is 0.185. The fourth-order valence-corrected chi connectivity index (χ4v) is 3.33. The number of carbonyl (C=O) groups excluding carboxylic acids is 4. The van der Waals surface area contributed by atoms with E-state index in [1.165, 1.54) is 24.3 Å². The second-order valence-corrected chi connectivity index (χ2v) is 7.09. The summed E-state index contributed by atoms with van der Waals surface area (Å²) in [6.45, 7) is 0.402. The molecule has 0 atom stereocenters. The Morgan fingerprint density at radius 1 is 0.871 bits per heavy atom. The van der Waals surface area contributed by atoms with Crippen LogP contribution in [0.2, 0.25) is 0 Å². The molecule has 4 amide bonds. The van der Waals surface area contributed by atoms with Crippen molar-refractivity contribution in [3.8, 4) is 0 Å². The summed E-state index contributed by atoms with van der Waals surface area (Å²) in [5, 5.41) is 2.55. The smallest absolute Gasteiger partial charge is 0.254 e. The van der Waals surface area contributed by atoms with Gasteiger partial charge in [0.25, 0.3) is 11.8 Å². The molecule has 3 N–H and O–H groups in total. The lowest BCUT2D eigenvalue weighted by atomic mass is 10.1. The highest BCUT2D eigenvalue weighted by atomic mass is 19.1. The molecule has 0 aromatic heterocycles. The monoisotopic (exact) mass is 426 g/mol. The molecule has 1 aliphatic heterocycles. The summed E-state index contributed by atoms with van der Waals surface area (Å²) in [4.78, 5) is 51.5. The molecule has 31 heavy (non-hydrogen) atoms. The number of amides is 4. The molecular weight excluding hydrogens is 403 g/mol. The maximum absolute atomic E-state index is 13.1. The van der Waals surface area contributed by atoms with Crippen LogP contribution in [-0.2, 0) is 11.5 Å². The fraction of sp³-hybridized carbons (Fsp3) is 0.273. The predicted octanol–water partition coefficient (Wildman–Crippen LogP) is 0.969. The normalized spacial score (nSPS) is 13.6. The van der Waals surface area contributed by atoms with E-state index in [9.17, 15) is 23.6 Å². The number of alkyl halides is 1. The highest BCUT2D eigenvalue weighted by Crippen LogP contribution is 2.15. The Kier molecular flexibility index (Phi) is 6.96. The number of nitrogens with one attached hydrogen (secondary N) is 1. The van der Waals surface area contributed by atoms with Crippen LogP contribution in [0.15, 0.2) is 48.5 Å². The molecule has 0 radical (unpaired) electrons. The molecule has 0 saturated carbocycles. The van der Waals surface area contributed by atoms with Crippen LogP contribution in [0.25, 0.3) is 0 Å².